The van der Waals surface area contributed by atoms with Crippen LogP contribution in [-0.2, 0) is 16.6 Å². The normalized spacial score (nSPS) is 45.0. The Balaban J connectivity index is 1.78. The number of rotatable bonds is 3. The fourth-order valence-electron chi connectivity index (χ4n) is 8.33. The van der Waals surface area contributed by atoms with E-state index in [2.05, 4.69) is 69.3 Å². The second-order valence-electron chi connectivity index (χ2n) is 8.89. The van der Waals surface area contributed by atoms with Crippen molar-refractivity contribution in [3.63, 3.8) is 0 Å². The van der Waals surface area contributed by atoms with E-state index in [-0.39, 0.29) is 29.1 Å². The third kappa shape index (κ3) is 0.978. The van der Waals surface area contributed by atoms with Crippen molar-refractivity contribution < 1.29 is 9.59 Å². The van der Waals surface area contributed by atoms with E-state index in [0.29, 0.717) is 0 Å². The molecule has 2 aromatic rings. The molecule has 6 rings (SSSR count). The molecule has 0 saturated carbocycles. The molecule has 4 unspecified atom stereocenters. The van der Waals surface area contributed by atoms with Crippen molar-refractivity contribution in [1.82, 2.24) is 0 Å². The molecule has 2 aromatic carbocycles. The molecule has 2 heteroatoms. The Bertz CT molecular complexity index is 937. The molecule has 2 nitrogen and oxygen atoms in total. The van der Waals surface area contributed by atoms with E-state index < -0.39 is 0 Å². The van der Waals surface area contributed by atoms with Gasteiger partial charge in [0.25, 0.3) is 0 Å². The molecule has 1 N–H and O–H groups in total. The van der Waals surface area contributed by atoms with Gasteiger partial charge in [0.1, 0.15) is 5.54 Å². The molecular weight excluding hydrogens is 306 g/mol. The quantitative estimate of drug-likeness (QED) is 0.665. The standard InChI is InChI=1S/C23H26NO/c1-4-22-18-11-7-5-9-16(18)21(3)17-10-6-8-12-19(17)23(15(2)14-25)13-20(22)24(21,22)23/h5-12,15,20,25H,4,13-14H2,1-3H3/q+1/t15-,20?,21?,22-,23?,24?/m0/s1. The zero-order chi connectivity index (χ0) is 17.2. The molecule has 0 bridgehead atoms. The van der Waals surface area contributed by atoms with Gasteiger partial charge in [-0.3, -0.25) is 4.48 Å². The van der Waals surface area contributed by atoms with Crippen LogP contribution in [0.1, 0.15) is 55.9 Å². The first-order valence-corrected chi connectivity index (χ1v) is 9.79. The van der Waals surface area contributed by atoms with Crippen molar-refractivity contribution in [3.05, 3.63) is 70.8 Å². The van der Waals surface area contributed by atoms with Crippen LogP contribution in [0.15, 0.2) is 48.5 Å². The summed E-state index contributed by atoms with van der Waals surface area (Å²) in [6.07, 6.45) is 2.42. The van der Waals surface area contributed by atoms with Crippen molar-refractivity contribution in [2.45, 2.75) is 56.3 Å². The average molecular weight is 332 g/mol. The van der Waals surface area contributed by atoms with E-state index in [0.717, 1.165) is 6.04 Å². The number of benzene rings is 2. The molecular formula is C23H26NO+. The number of hydrogen-bond donors (Lipinski definition) is 1. The molecule has 4 heterocycles. The van der Waals surface area contributed by atoms with Crippen LogP contribution >= 0.6 is 0 Å². The fourth-order valence-corrected chi connectivity index (χ4v) is 8.33. The summed E-state index contributed by atoms with van der Waals surface area (Å²) < 4.78 is 1.17. The Labute approximate surface area is 149 Å². The Morgan fingerprint density at radius 1 is 1.04 bits per heavy atom. The van der Waals surface area contributed by atoms with Gasteiger partial charge in [0, 0.05) is 34.6 Å². The minimum atomic E-state index is 0.0372. The van der Waals surface area contributed by atoms with Crippen LogP contribution in [0, 0.1) is 5.92 Å². The van der Waals surface area contributed by atoms with Gasteiger partial charge in [0.15, 0.2) is 17.1 Å². The maximum atomic E-state index is 10.2. The molecule has 2 saturated heterocycles. The van der Waals surface area contributed by atoms with Gasteiger partial charge in [-0.05, 0) is 6.92 Å². The summed E-state index contributed by atoms with van der Waals surface area (Å²) in [7, 11) is 0. The van der Waals surface area contributed by atoms with E-state index in [9.17, 15) is 5.11 Å². The zero-order valence-corrected chi connectivity index (χ0v) is 15.3. The molecule has 25 heavy (non-hydrogen) atoms. The number of fused-ring (bicyclic) bond motifs is 7. The van der Waals surface area contributed by atoms with Crippen molar-refractivity contribution >= 4 is 0 Å². The lowest BCUT2D eigenvalue weighted by atomic mass is 9.71. The molecule has 0 amide bonds. The first kappa shape index (κ1) is 14.5. The molecule has 1 spiro atoms. The number of quaternary nitrogens is 1. The number of aliphatic hydroxyl groups is 1. The second kappa shape index (κ2) is 3.87. The number of hydrogen-bond acceptors (Lipinski definition) is 1. The van der Waals surface area contributed by atoms with E-state index in [1.54, 1.807) is 5.56 Å². The fraction of sp³-hybridized carbons (Fsp3) is 0.478. The highest BCUT2D eigenvalue weighted by atomic mass is 16.3. The van der Waals surface area contributed by atoms with Gasteiger partial charge < -0.3 is 5.11 Å². The number of nitrogens with zero attached hydrogens (tertiary/aromatic N) is 1. The predicted octanol–water partition coefficient (Wildman–Crippen LogP) is 4.01. The Morgan fingerprint density at radius 2 is 1.60 bits per heavy atom. The lowest BCUT2D eigenvalue weighted by Crippen LogP contribution is -2.65. The van der Waals surface area contributed by atoms with Crippen molar-refractivity contribution in [2.75, 3.05) is 6.61 Å². The van der Waals surface area contributed by atoms with Gasteiger partial charge in [-0.15, -0.1) is 0 Å². The van der Waals surface area contributed by atoms with E-state index in [1.807, 2.05) is 0 Å². The molecule has 4 aliphatic rings. The van der Waals surface area contributed by atoms with Gasteiger partial charge in [0.05, 0.1) is 13.0 Å². The van der Waals surface area contributed by atoms with E-state index >= 15 is 0 Å². The third-order valence-corrected chi connectivity index (χ3v) is 8.88. The van der Waals surface area contributed by atoms with Gasteiger partial charge in [0.2, 0.25) is 0 Å². The molecule has 128 valence electrons. The van der Waals surface area contributed by atoms with Crippen LogP contribution in [0.3, 0.4) is 0 Å². The monoisotopic (exact) mass is 332 g/mol. The smallest absolute Gasteiger partial charge is 0.180 e. The highest BCUT2D eigenvalue weighted by Crippen LogP contribution is 2.91. The largest absolute Gasteiger partial charge is 0.396 e. The summed E-state index contributed by atoms with van der Waals surface area (Å²) in [5.41, 5.74) is 6.53. The lowest BCUT2D eigenvalue weighted by Gasteiger charge is -2.53. The maximum absolute atomic E-state index is 10.2. The van der Waals surface area contributed by atoms with Gasteiger partial charge >= 0.3 is 0 Å². The first-order chi connectivity index (χ1) is 12.1. The summed E-state index contributed by atoms with van der Waals surface area (Å²) in [5.74, 6) is 0.287. The molecule has 4 aliphatic heterocycles. The predicted molar refractivity (Wildman–Crippen MR) is 97.9 cm³/mol. The van der Waals surface area contributed by atoms with Crippen LogP contribution in [0.5, 0.6) is 0 Å². The molecule has 0 aromatic heterocycles. The number of aliphatic hydroxyl groups excluding tert-OH is 1. The topological polar surface area (TPSA) is 20.2 Å². The minimum absolute atomic E-state index is 0.0372. The summed E-state index contributed by atoms with van der Waals surface area (Å²) >= 11 is 0. The highest BCUT2D eigenvalue weighted by Gasteiger charge is 3.04. The Hall–Kier alpha value is -1.64. The van der Waals surface area contributed by atoms with Gasteiger partial charge in [-0.25, -0.2) is 0 Å². The van der Waals surface area contributed by atoms with Crippen LogP contribution in [0.4, 0.5) is 0 Å². The summed E-state index contributed by atoms with van der Waals surface area (Å²) in [5, 5.41) is 10.2. The maximum Gasteiger partial charge on any atom is 0.180 e. The third-order valence-electron chi connectivity index (χ3n) is 8.88. The Morgan fingerprint density at radius 3 is 2.20 bits per heavy atom. The van der Waals surface area contributed by atoms with Gasteiger partial charge in [-0.2, -0.15) is 0 Å². The van der Waals surface area contributed by atoms with Crippen LogP contribution in [0.2, 0.25) is 0 Å². The van der Waals surface area contributed by atoms with E-state index in [4.69, 9.17) is 0 Å². The molecule has 0 radical (unpaired) electrons. The molecule has 6 atom stereocenters. The Kier molecular flexibility index (Phi) is 2.25. The molecule has 0 aliphatic carbocycles. The first-order valence-electron chi connectivity index (χ1n) is 9.79. The van der Waals surface area contributed by atoms with Crippen molar-refractivity contribution in [1.29, 1.82) is 0 Å². The van der Waals surface area contributed by atoms with Crippen molar-refractivity contribution in [2.24, 2.45) is 5.92 Å². The average Bonchev–Trinajstić information content (AvgIpc) is 2.98. The van der Waals surface area contributed by atoms with Crippen LogP contribution < -0.4 is 0 Å². The van der Waals surface area contributed by atoms with Crippen molar-refractivity contribution in [3.8, 4) is 0 Å². The zero-order valence-electron chi connectivity index (χ0n) is 15.3. The molecule has 2 fully saturated rings. The second-order valence-corrected chi connectivity index (χ2v) is 8.89. The lowest BCUT2D eigenvalue weighted by molar-refractivity contribution is -0.979. The summed E-state index contributed by atoms with van der Waals surface area (Å²) in [4.78, 5) is 0. The van der Waals surface area contributed by atoms with Crippen LogP contribution in [0.25, 0.3) is 0 Å². The summed E-state index contributed by atoms with van der Waals surface area (Å²) in [6, 6.07) is 19.1. The minimum Gasteiger partial charge on any atom is -0.396 e. The van der Waals surface area contributed by atoms with Gasteiger partial charge in [-0.1, -0.05) is 62.4 Å². The SMILES string of the molecule is CC[C@]12c3ccccc3C3(C)c4ccccc4C4([C@@H](C)CO)CC1[N+]342. The van der Waals surface area contributed by atoms with E-state index in [1.165, 1.54) is 34.0 Å². The summed E-state index contributed by atoms with van der Waals surface area (Å²) in [6.45, 7) is 7.42. The highest BCUT2D eigenvalue weighted by molar-refractivity contribution is 5.62. The van der Waals surface area contributed by atoms with Crippen LogP contribution in [-0.4, -0.2) is 22.2 Å².